The Balaban J connectivity index is -0.000000137. The number of Topliss-reactive ketones (excluding diaryl/α,β-unsaturated/α-hetero) is 1. The van der Waals surface area contributed by atoms with Gasteiger partial charge in [0.25, 0.3) is 0 Å². The van der Waals surface area contributed by atoms with Crippen molar-refractivity contribution in [3.8, 4) is 0 Å². The highest BCUT2D eigenvalue weighted by Gasteiger charge is 1.87. The molecule has 0 aliphatic carbocycles. The third-order valence-corrected chi connectivity index (χ3v) is 0.882. The Morgan fingerprint density at radius 1 is 1.08 bits per heavy atom. The molecule has 0 saturated carbocycles. The van der Waals surface area contributed by atoms with Crippen molar-refractivity contribution in [1.29, 1.82) is 0 Å². The molecule has 0 aromatic rings. The molecule has 0 heterocycles. The lowest BCUT2D eigenvalue weighted by Gasteiger charge is -1.86. The van der Waals surface area contributed by atoms with Gasteiger partial charge in [-0.05, 0) is 13.3 Å². The average molecular weight is 174 g/mol. The van der Waals surface area contributed by atoms with E-state index in [-0.39, 0.29) is 0 Å². The molecule has 0 fully saturated rings. The van der Waals surface area contributed by atoms with Gasteiger partial charge in [-0.1, -0.05) is 47.5 Å². The van der Waals surface area contributed by atoms with E-state index in [2.05, 4.69) is 20.8 Å². The van der Waals surface area contributed by atoms with E-state index in [1.54, 1.807) is 6.92 Å². The summed E-state index contributed by atoms with van der Waals surface area (Å²) in [6.45, 7) is 12.0. The lowest BCUT2D eigenvalue weighted by atomic mass is 10.2. The van der Waals surface area contributed by atoms with Gasteiger partial charge in [0.15, 0.2) is 0 Å². The maximum atomic E-state index is 10.2. The quantitative estimate of drug-likeness (QED) is 0.626. The molecule has 0 unspecified atom stereocenters. The summed E-state index contributed by atoms with van der Waals surface area (Å²) in [6.07, 6.45) is 4.19. The molecule has 0 amide bonds. The second kappa shape index (κ2) is 22.4. The Hall–Kier alpha value is -0.330. The zero-order valence-corrected chi connectivity index (χ0v) is 9.74. The number of ketones is 1. The fourth-order valence-electron chi connectivity index (χ4n) is 0.426. The monoisotopic (exact) mass is 174 g/mol. The summed E-state index contributed by atoms with van der Waals surface area (Å²) < 4.78 is 0. The highest BCUT2D eigenvalue weighted by atomic mass is 16.1. The van der Waals surface area contributed by atoms with Crippen LogP contribution in [0.15, 0.2) is 0 Å². The molecule has 0 saturated heterocycles. The topological polar surface area (TPSA) is 17.1 Å². The number of unbranched alkanes of at least 4 members (excludes halogenated alkanes) is 1. The molecule has 0 bridgehead atoms. The van der Waals surface area contributed by atoms with Gasteiger partial charge in [-0.3, -0.25) is 0 Å². The first-order valence-electron chi connectivity index (χ1n) is 5.18. The SMILES string of the molecule is CC.CCC.CCCCC(C)=O. The summed E-state index contributed by atoms with van der Waals surface area (Å²) >= 11 is 0. The Kier molecular flexibility index (Phi) is 33.0. The molecule has 0 N–H and O–H groups in total. The zero-order chi connectivity index (χ0) is 10.4. The molecular formula is C11H26O. The average Bonchev–Trinajstić information content (AvgIpc) is 2.06. The smallest absolute Gasteiger partial charge is 0.129 e. The van der Waals surface area contributed by atoms with Gasteiger partial charge in [0, 0.05) is 6.42 Å². The number of hydrogen-bond acceptors (Lipinski definition) is 1. The molecule has 0 radical (unpaired) electrons. The van der Waals surface area contributed by atoms with Crippen LogP contribution >= 0.6 is 0 Å². The second-order valence-corrected chi connectivity index (χ2v) is 2.51. The number of carbonyl (C=O) groups excluding carboxylic acids is 1. The van der Waals surface area contributed by atoms with Crippen LogP contribution in [0.3, 0.4) is 0 Å². The first-order chi connectivity index (χ1) is 5.68. The highest BCUT2D eigenvalue weighted by Crippen LogP contribution is 1.92. The minimum absolute atomic E-state index is 0.307. The fraction of sp³-hybridized carbons (Fsp3) is 0.909. The summed E-state index contributed by atoms with van der Waals surface area (Å²) in [5.41, 5.74) is 0. The van der Waals surface area contributed by atoms with Gasteiger partial charge in [0.2, 0.25) is 0 Å². The van der Waals surface area contributed by atoms with Crippen molar-refractivity contribution in [3.05, 3.63) is 0 Å². The van der Waals surface area contributed by atoms with E-state index in [1.165, 1.54) is 6.42 Å². The molecule has 0 aromatic carbocycles. The summed E-state index contributed by atoms with van der Waals surface area (Å²) in [4.78, 5) is 10.2. The van der Waals surface area contributed by atoms with Crippen LogP contribution in [0.5, 0.6) is 0 Å². The second-order valence-electron chi connectivity index (χ2n) is 2.51. The lowest BCUT2D eigenvalue weighted by Crippen LogP contribution is -1.86. The maximum Gasteiger partial charge on any atom is 0.129 e. The molecule has 0 aromatic heterocycles. The van der Waals surface area contributed by atoms with Gasteiger partial charge in [-0.2, -0.15) is 0 Å². The first kappa shape index (κ1) is 17.7. The van der Waals surface area contributed by atoms with Crippen molar-refractivity contribution in [3.63, 3.8) is 0 Å². The van der Waals surface area contributed by atoms with Crippen LogP contribution in [0.2, 0.25) is 0 Å². The van der Waals surface area contributed by atoms with E-state index >= 15 is 0 Å². The fourth-order valence-corrected chi connectivity index (χ4v) is 0.426. The predicted octanol–water partition coefficient (Wildman–Crippen LogP) is 4.21. The van der Waals surface area contributed by atoms with E-state index < -0.39 is 0 Å². The van der Waals surface area contributed by atoms with Gasteiger partial charge < -0.3 is 4.79 Å². The van der Waals surface area contributed by atoms with E-state index in [9.17, 15) is 4.79 Å². The lowest BCUT2D eigenvalue weighted by molar-refractivity contribution is -0.117. The summed E-state index contributed by atoms with van der Waals surface area (Å²) in [5.74, 6) is 0.307. The van der Waals surface area contributed by atoms with Crippen LogP contribution in [0, 0.1) is 0 Å². The molecule has 0 aliphatic rings. The van der Waals surface area contributed by atoms with Crippen molar-refractivity contribution >= 4 is 5.78 Å². The Labute approximate surface area is 78.6 Å². The van der Waals surface area contributed by atoms with Crippen LogP contribution in [0.25, 0.3) is 0 Å². The molecule has 1 heteroatoms. The van der Waals surface area contributed by atoms with Crippen molar-refractivity contribution in [2.24, 2.45) is 0 Å². The third kappa shape index (κ3) is 54.0. The minimum Gasteiger partial charge on any atom is -0.300 e. The normalized spacial score (nSPS) is 7.17. The number of hydrogen-bond donors (Lipinski definition) is 0. The minimum atomic E-state index is 0.307. The van der Waals surface area contributed by atoms with Gasteiger partial charge in [0.1, 0.15) is 5.78 Å². The van der Waals surface area contributed by atoms with Crippen LogP contribution in [0.1, 0.15) is 67.2 Å². The van der Waals surface area contributed by atoms with E-state index in [4.69, 9.17) is 0 Å². The Bertz CT molecular complexity index is 67.4. The first-order valence-corrected chi connectivity index (χ1v) is 5.18. The summed E-state index contributed by atoms with van der Waals surface area (Å²) in [5, 5.41) is 0. The standard InChI is InChI=1S/C6H12O.C3H8.C2H6/c1-3-4-5-6(2)7;1-3-2;1-2/h3-5H2,1-2H3;3H2,1-2H3;1-2H3. The van der Waals surface area contributed by atoms with Crippen LogP contribution in [-0.4, -0.2) is 5.78 Å². The zero-order valence-electron chi connectivity index (χ0n) is 9.74. The Morgan fingerprint density at radius 2 is 1.42 bits per heavy atom. The molecule has 0 spiro atoms. The Morgan fingerprint density at radius 3 is 1.50 bits per heavy atom. The van der Waals surface area contributed by atoms with Crippen LogP contribution in [0.4, 0.5) is 0 Å². The highest BCUT2D eigenvalue weighted by molar-refractivity contribution is 5.75. The molecular weight excluding hydrogens is 148 g/mol. The van der Waals surface area contributed by atoms with E-state index in [0.29, 0.717) is 5.78 Å². The number of rotatable bonds is 3. The van der Waals surface area contributed by atoms with E-state index in [0.717, 1.165) is 19.3 Å². The van der Waals surface area contributed by atoms with Crippen molar-refractivity contribution in [2.45, 2.75) is 67.2 Å². The third-order valence-electron chi connectivity index (χ3n) is 0.882. The molecule has 1 nitrogen and oxygen atoms in total. The van der Waals surface area contributed by atoms with Gasteiger partial charge in [-0.25, -0.2) is 0 Å². The maximum absolute atomic E-state index is 10.2. The van der Waals surface area contributed by atoms with Gasteiger partial charge in [-0.15, -0.1) is 0 Å². The summed E-state index contributed by atoms with van der Waals surface area (Å²) in [6, 6.07) is 0. The molecule has 0 rings (SSSR count). The molecule has 12 heavy (non-hydrogen) atoms. The van der Waals surface area contributed by atoms with Crippen LogP contribution in [-0.2, 0) is 4.79 Å². The molecule has 0 aliphatic heterocycles. The van der Waals surface area contributed by atoms with Crippen LogP contribution < -0.4 is 0 Å². The van der Waals surface area contributed by atoms with Crippen molar-refractivity contribution in [1.82, 2.24) is 0 Å². The largest absolute Gasteiger partial charge is 0.300 e. The van der Waals surface area contributed by atoms with Crippen molar-refractivity contribution < 1.29 is 4.79 Å². The van der Waals surface area contributed by atoms with Gasteiger partial charge in [0.05, 0.1) is 0 Å². The summed E-state index contributed by atoms with van der Waals surface area (Å²) in [7, 11) is 0. The van der Waals surface area contributed by atoms with Gasteiger partial charge >= 0.3 is 0 Å². The van der Waals surface area contributed by atoms with E-state index in [1.807, 2.05) is 13.8 Å². The molecule has 76 valence electrons. The predicted molar refractivity (Wildman–Crippen MR) is 57.5 cm³/mol. The van der Waals surface area contributed by atoms with Crippen molar-refractivity contribution in [2.75, 3.05) is 0 Å². The molecule has 0 atom stereocenters. The number of carbonyl (C=O) groups is 1.